The first kappa shape index (κ1) is 18.1. The maximum absolute atomic E-state index is 12.3. The van der Waals surface area contributed by atoms with Gasteiger partial charge < -0.3 is 15.0 Å². The number of rotatable bonds is 5. The molecule has 0 unspecified atom stereocenters. The molecule has 0 radical (unpaired) electrons. The van der Waals surface area contributed by atoms with Gasteiger partial charge in [-0.25, -0.2) is 0 Å². The Bertz CT molecular complexity index is 837. The minimum Gasteiger partial charge on any atom is -0.379 e. The second-order valence-electron chi connectivity index (χ2n) is 8.64. The highest BCUT2D eigenvalue weighted by atomic mass is 16.5. The normalized spacial score (nSPS) is 26.1. The Kier molecular flexibility index (Phi) is 5.03. The standard InChI is InChI=1S/C23H29N3O2/c27-23(16-5-6-16)26-11-8-19(9-12-26)25-22-15-28-14-18(22)13-17-7-10-24-21-4-2-1-3-20(17)21/h1-4,7,10,16,18-19,22,25H,5-6,8-9,11-15H2/t18-,22+/m1/s1. The van der Waals surface area contributed by atoms with Crippen LogP contribution in [0, 0.1) is 11.8 Å². The van der Waals surface area contributed by atoms with Crippen LogP contribution in [-0.2, 0) is 16.0 Å². The van der Waals surface area contributed by atoms with E-state index in [1.54, 1.807) is 0 Å². The Balaban J connectivity index is 1.20. The predicted octanol–water partition coefficient (Wildman–Crippen LogP) is 2.78. The van der Waals surface area contributed by atoms with Crippen molar-refractivity contribution < 1.29 is 9.53 Å². The Hall–Kier alpha value is -1.98. The largest absolute Gasteiger partial charge is 0.379 e. The van der Waals surface area contributed by atoms with Crippen molar-refractivity contribution in [2.45, 2.75) is 44.2 Å². The summed E-state index contributed by atoms with van der Waals surface area (Å²) in [6.45, 7) is 3.41. The van der Waals surface area contributed by atoms with E-state index >= 15 is 0 Å². The molecule has 1 aromatic carbocycles. The molecule has 1 N–H and O–H groups in total. The van der Waals surface area contributed by atoms with Crippen LogP contribution in [0.15, 0.2) is 36.5 Å². The lowest BCUT2D eigenvalue weighted by Crippen LogP contribution is -2.50. The van der Waals surface area contributed by atoms with Crippen molar-refractivity contribution in [2.24, 2.45) is 11.8 Å². The second-order valence-corrected chi connectivity index (χ2v) is 8.64. The molecule has 148 valence electrons. The summed E-state index contributed by atoms with van der Waals surface area (Å²) in [7, 11) is 0. The van der Waals surface area contributed by atoms with Gasteiger partial charge in [-0.05, 0) is 49.8 Å². The molecule has 0 bridgehead atoms. The number of fused-ring (bicyclic) bond motifs is 1. The molecule has 28 heavy (non-hydrogen) atoms. The third-order valence-corrected chi connectivity index (χ3v) is 6.60. The van der Waals surface area contributed by atoms with Crippen LogP contribution in [0.2, 0.25) is 0 Å². The lowest BCUT2D eigenvalue weighted by Gasteiger charge is -2.35. The summed E-state index contributed by atoms with van der Waals surface area (Å²) in [6.07, 6.45) is 7.24. The van der Waals surface area contributed by atoms with E-state index in [1.807, 2.05) is 12.3 Å². The number of aromatic nitrogens is 1. The van der Waals surface area contributed by atoms with Gasteiger partial charge >= 0.3 is 0 Å². The van der Waals surface area contributed by atoms with Gasteiger partial charge in [0.1, 0.15) is 0 Å². The number of carbonyl (C=O) groups is 1. The highest BCUT2D eigenvalue weighted by Crippen LogP contribution is 2.32. The van der Waals surface area contributed by atoms with Gasteiger partial charge in [0.05, 0.1) is 18.7 Å². The van der Waals surface area contributed by atoms with Crippen molar-refractivity contribution in [1.29, 1.82) is 0 Å². The number of amides is 1. The number of ether oxygens (including phenoxy) is 1. The lowest BCUT2D eigenvalue weighted by atomic mass is 9.92. The maximum Gasteiger partial charge on any atom is 0.225 e. The van der Waals surface area contributed by atoms with E-state index in [9.17, 15) is 4.79 Å². The van der Waals surface area contributed by atoms with E-state index in [2.05, 4.69) is 39.5 Å². The lowest BCUT2D eigenvalue weighted by molar-refractivity contribution is -0.133. The Morgan fingerprint density at radius 3 is 2.75 bits per heavy atom. The first-order valence-corrected chi connectivity index (χ1v) is 10.7. The third kappa shape index (κ3) is 3.78. The van der Waals surface area contributed by atoms with Crippen LogP contribution >= 0.6 is 0 Å². The summed E-state index contributed by atoms with van der Waals surface area (Å²) >= 11 is 0. The molecule has 2 aliphatic heterocycles. The molecule has 2 aromatic rings. The fraction of sp³-hybridized carbons (Fsp3) is 0.565. The molecule has 1 aromatic heterocycles. The van der Waals surface area contributed by atoms with Crippen molar-refractivity contribution in [3.63, 3.8) is 0 Å². The van der Waals surface area contributed by atoms with Gasteiger partial charge in [0.15, 0.2) is 0 Å². The van der Waals surface area contributed by atoms with Crippen molar-refractivity contribution in [1.82, 2.24) is 15.2 Å². The molecule has 5 rings (SSSR count). The fourth-order valence-corrected chi connectivity index (χ4v) is 4.76. The molecule has 3 fully saturated rings. The summed E-state index contributed by atoms with van der Waals surface area (Å²) in [4.78, 5) is 18.8. The third-order valence-electron chi connectivity index (χ3n) is 6.60. The molecular formula is C23H29N3O2. The fourth-order valence-electron chi connectivity index (χ4n) is 4.76. The number of para-hydroxylation sites is 1. The first-order valence-electron chi connectivity index (χ1n) is 10.7. The number of piperidine rings is 1. The molecule has 5 heteroatoms. The summed E-state index contributed by atoms with van der Waals surface area (Å²) in [6, 6.07) is 11.4. The van der Waals surface area contributed by atoms with E-state index in [0.717, 1.165) is 63.9 Å². The van der Waals surface area contributed by atoms with Gasteiger partial charge in [0, 0.05) is 48.6 Å². The van der Waals surface area contributed by atoms with Crippen LogP contribution in [0.3, 0.4) is 0 Å². The van der Waals surface area contributed by atoms with Gasteiger partial charge in [-0.2, -0.15) is 0 Å². The van der Waals surface area contributed by atoms with Crippen LogP contribution in [0.4, 0.5) is 0 Å². The number of nitrogens with one attached hydrogen (secondary N) is 1. The molecule has 2 saturated heterocycles. The Morgan fingerprint density at radius 1 is 1.11 bits per heavy atom. The number of carbonyl (C=O) groups excluding carboxylic acids is 1. The topological polar surface area (TPSA) is 54.5 Å². The Morgan fingerprint density at radius 2 is 1.93 bits per heavy atom. The predicted molar refractivity (Wildman–Crippen MR) is 109 cm³/mol. The van der Waals surface area contributed by atoms with E-state index in [4.69, 9.17) is 4.74 Å². The van der Waals surface area contributed by atoms with Crippen LogP contribution in [0.25, 0.3) is 10.9 Å². The molecule has 1 aliphatic carbocycles. The van der Waals surface area contributed by atoms with Crippen LogP contribution in [0.1, 0.15) is 31.2 Å². The van der Waals surface area contributed by atoms with Gasteiger partial charge in [-0.1, -0.05) is 18.2 Å². The molecule has 3 aliphatic rings. The van der Waals surface area contributed by atoms with Gasteiger partial charge in [0.2, 0.25) is 5.91 Å². The van der Waals surface area contributed by atoms with Gasteiger partial charge in [0.25, 0.3) is 0 Å². The molecule has 0 spiro atoms. The molecule has 1 amide bonds. The molecule has 2 atom stereocenters. The van der Waals surface area contributed by atoms with E-state index in [0.29, 0.717) is 29.8 Å². The summed E-state index contributed by atoms with van der Waals surface area (Å²) < 4.78 is 5.85. The van der Waals surface area contributed by atoms with Crippen LogP contribution in [0.5, 0.6) is 0 Å². The zero-order valence-corrected chi connectivity index (χ0v) is 16.3. The van der Waals surface area contributed by atoms with Gasteiger partial charge in [-0.15, -0.1) is 0 Å². The summed E-state index contributed by atoms with van der Waals surface area (Å²) in [5.41, 5.74) is 2.42. The number of likely N-dealkylation sites (tertiary alicyclic amines) is 1. The number of pyridine rings is 1. The zero-order valence-electron chi connectivity index (χ0n) is 16.3. The SMILES string of the molecule is O=C(C1CC1)N1CCC(N[C@H]2COC[C@H]2Cc2ccnc3ccccc23)CC1. The van der Waals surface area contributed by atoms with Crippen molar-refractivity contribution in [3.05, 3.63) is 42.1 Å². The molecular weight excluding hydrogens is 350 g/mol. The smallest absolute Gasteiger partial charge is 0.225 e. The second kappa shape index (κ2) is 7.80. The van der Waals surface area contributed by atoms with Gasteiger partial charge in [-0.3, -0.25) is 9.78 Å². The summed E-state index contributed by atoms with van der Waals surface area (Å²) in [5, 5.41) is 5.11. The highest BCUT2D eigenvalue weighted by Gasteiger charge is 2.36. The number of hydrogen-bond donors (Lipinski definition) is 1. The van der Waals surface area contributed by atoms with E-state index in [1.165, 1.54) is 10.9 Å². The molecule has 1 saturated carbocycles. The highest BCUT2D eigenvalue weighted by molar-refractivity contribution is 5.82. The van der Waals surface area contributed by atoms with E-state index < -0.39 is 0 Å². The quantitative estimate of drug-likeness (QED) is 0.868. The van der Waals surface area contributed by atoms with Crippen molar-refractivity contribution in [2.75, 3.05) is 26.3 Å². The average Bonchev–Trinajstić information content (AvgIpc) is 3.50. The average molecular weight is 380 g/mol. The zero-order chi connectivity index (χ0) is 18.9. The minimum absolute atomic E-state index is 0.340. The number of nitrogens with zero attached hydrogens (tertiary/aromatic N) is 2. The van der Waals surface area contributed by atoms with E-state index in [-0.39, 0.29) is 0 Å². The number of hydrogen-bond acceptors (Lipinski definition) is 4. The van der Waals surface area contributed by atoms with Crippen LogP contribution in [-0.4, -0.2) is 54.2 Å². The Labute approximate surface area is 166 Å². The van der Waals surface area contributed by atoms with Crippen molar-refractivity contribution >= 4 is 16.8 Å². The molecule has 5 nitrogen and oxygen atoms in total. The monoisotopic (exact) mass is 379 g/mol. The maximum atomic E-state index is 12.3. The first-order chi connectivity index (χ1) is 13.8. The molecule has 3 heterocycles. The minimum atomic E-state index is 0.340. The summed E-state index contributed by atoms with van der Waals surface area (Å²) in [5.74, 6) is 1.22. The van der Waals surface area contributed by atoms with Crippen molar-refractivity contribution in [3.8, 4) is 0 Å². The van der Waals surface area contributed by atoms with Crippen LogP contribution < -0.4 is 5.32 Å². The number of benzene rings is 1.